The van der Waals surface area contributed by atoms with Gasteiger partial charge in [-0.1, -0.05) is 6.07 Å². The van der Waals surface area contributed by atoms with Gasteiger partial charge in [0.05, 0.1) is 6.10 Å². The molecule has 1 aliphatic carbocycles. The van der Waals surface area contributed by atoms with Crippen LogP contribution in [0.4, 0.5) is 14.9 Å². The zero-order valence-corrected chi connectivity index (χ0v) is 18.2. The fourth-order valence-corrected chi connectivity index (χ4v) is 4.53. The molecule has 1 aromatic carbocycles. The Labute approximate surface area is 180 Å². The SMILES string of the molecule is Cc1cc(NC(=O)OC(C)C)ccc1-c1cc(-c2ccnc(C3(CF)CC3)c2)cs1. The molecule has 1 amide bonds. The van der Waals surface area contributed by atoms with Crippen molar-refractivity contribution in [2.45, 2.75) is 45.1 Å². The third kappa shape index (κ3) is 4.24. The van der Waals surface area contributed by atoms with Crippen molar-refractivity contribution in [2.75, 3.05) is 12.0 Å². The number of anilines is 1. The summed E-state index contributed by atoms with van der Waals surface area (Å²) in [5.74, 6) is 0. The number of halogens is 1. The number of aryl methyl sites for hydroxylation is 1. The lowest BCUT2D eigenvalue weighted by Gasteiger charge is -2.11. The number of aromatic nitrogens is 1. The zero-order chi connectivity index (χ0) is 21.3. The number of pyridine rings is 1. The average molecular weight is 425 g/mol. The second kappa shape index (κ2) is 8.19. The van der Waals surface area contributed by atoms with Crippen LogP contribution < -0.4 is 5.32 Å². The van der Waals surface area contributed by atoms with Crippen LogP contribution in [0.1, 0.15) is 37.9 Å². The van der Waals surface area contributed by atoms with Gasteiger partial charge in [-0.3, -0.25) is 14.7 Å². The average Bonchev–Trinajstić information content (AvgIpc) is 3.37. The molecule has 6 heteroatoms. The second-order valence-corrected chi connectivity index (χ2v) is 9.06. The Kier molecular flexibility index (Phi) is 5.60. The van der Waals surface area contributed by atoms with E-state index >= 15 is 0 Å². The van der Waals surface area contributed by atoms with E-state index in [1.54, 1.807) is 17.5 Å². The van der Waals surface area contributed by atoms with Crippen molar-refractivity contribution < 1.29 is 13.9 Å². The van der Waals surface area contributed by atoms with Crippen molar-refractivity contribution in [3.63, 3.8) is 0 Å². The molecule has 2 heterocycles. The monoisotopic (exact) mass is 424 g/mol. The number of hydrogen-bond acceptors (Lipinski definition) is 4. The topological polar surface area (TPSA) is 51.2 Å². The van der Waals surface area contributed by atoms with Gasteiger partial charge in [-0.25, -0.2) is 4.79 Å². The maximum absolute atomic E-state index is 13.4. The summed E-state index contributed by atoms with van der Waals surface area (Å²) in [6, 6.07) is 12.0. The number of carbonyl (C=O) groups is 1. The third-order valence-electron chi connectivity index (χ3n) is 5.43. The lowest BCUT2D eigenvalue weighted by Crippen LogP contribution is -2.17. The molecule has 0 aliphatic heterocycles. The molecule has 0 unspecified atom stereocenters. The van der Waals surface area contributed by atoms with Gasteiger partial charge < -0.3 is 4.74 Å². The number of ether oxygens (including phenoxy) is 1. The molecular weight excluding hydrogens is 399 g/mol. The van der Waals surface area contributed by atoms with E-state index in [0.717, 1.165) is 45.7 Å². The Morgan fingerprint density at radius 1 is 1.23 bits per heavy atom. The van der Waals surface area contributed by atoms with Gasteiger partial charge in [-0.05, 0) is 91.6 Å². The summed E-state index contributed by atoms with van der Waals surface area (Å²) in [6.07, 6.45) is 2.91. The molecular formula is C24H25FN2O2S. The lowest BCUT2D eigenvalue weighted by atomic mass is 9.99. The molecule has 4 nitrogen and oxygen atoms in total. The van der Waals surface area contributed by atoms with Gasteiger partial charge in [0.1, 0.15) is 6.67 Å². The van der Waals surface area contributed by atoms with Crippen LogP contribution in [0.15, 0.2) is 48.0 Å². The van der Waals surface area contributed by atoms with Crippen LogP contribution in [-0.4, -0.2) is 23.9 Å². The molecule has 1 fully saturated rings. The van der Waals surface area contributed by atoms with E-state index in [-0.39, 0.29) is 18.2 Å². The number of benzene rings is 1. The van der Waals surface area contributed by atoms with E-state index in [9.17, 15) is 9.18 Å². The smallest absolute Gasteiger partial charge is 0.411 e. The first-order valence-corrected chi connectivity index (χ1v) is 11.0. The number of thiophene rings is 1. The summed E-state index contributed by atoms with van der Waals surface area (Å²) < 4.78 is 18.6. The van der Waals surface area contributed by atoms with E-state index in [2.05, 4.69) is 21.7 Å². The summed E-state index contributed by atoms with van der Waals surface area (Å²) in [7, 11) is 0. The summed E-state index contributed by atoms with van der Waals surface area (Å²) in [5, 5.41) is 4.88. The minimum atomic E-state index is -0.453. The molecule has 0 radical (unpaired) electrons. The first kappa shape index (κ1) is 20.5. The van der Waals surface area contributed by atoms with Crippen LogP contribution in [0.25, 0.3) is 21.6 Å². The van der Waals surface area contributed by atoms with Crippen molar-refractivity contribution >= 4 is 23.1 Å². The molecule has 3 aromatic rings. The summed E-state index contributed by atoms with van der Waals surface area (Å²) in [6.45, 7) is 5.31. The molecule has 1 aliphatic rings. The second-order valence-electron chi connectivity index (χ2n) is 8.15. The van der Waals surface area contributed by atoms with E-state index in [1.807, 2.05) is 51.1 Å². The van der Waals surface area contributed by atoms with Crippen LogP contribution >= 0.6 is 11.3 Å². The number of nitrogens with zero attached hydrogens (tertiary/aromatic N) is 1. The maximum Gasteiger partial charge on any atom is 0.411 e. The number of amides is 1. The van der Waals surface area contributed by atoms with Crippen molar-refractivity contribution in [3.8, 4) is 21.6 Å². The fourth-order valence-electron chi connectivity index (χ4n) is 3.52. The van der Waals surface area contributed by atoms with Gasteiger partial charge in [0.2, 0.25) is 0 Å². The van der Waals surface area contributed by atoms with E-state index in [1.165, 1.54) is 0 Å². The van der Waals surface area contributed by atoms with Gasteiger partial charge in [-0.2, -0.15) is 0 Å². The van der Waals surface area contributed by atoms with Crippen molar-refractivity contribution in [2.24, 2.45) is 0 Å². The predicted octanol–water partition coefficient (Wildman–Crippen LogP) is 6.74. The van der Waals surface area contributed by atoms with Gasteiger partial charge in [0.15, 0.2) is 0 Å². The van der Waals surface area contributed by atoms with Gasteiger partial charge >= 0.3 is 6.09 Å². The molecule has 2 aromatic heterocycles. The zero-order valence-electron chi connectivity index (χ0n) is 17.4. The highest BCUT2D eigenvalue weighted by Crippen LogP contribution is 2.48. The molecule has 30 heavy (non-hydrogen) atoms. The van der Waals surface area contributed by atoms with Crippen molar-refractivity contribution in [1.29, 1.82) is 0 Å². The highest BCUT2D eigenvalue weighted by Gasteiger charge is 2.45. The third-order valence-corrected chi connectivity index (χ3v) is 6.39. The van der Waals surface area contributed by atoms with Crippen LogP contribution in [0.2, 0.25) is 0 Å². The quantitative estimate of drug-likeness (QED) is 0.476. The molecule has 0 saturated heterocycles. The molecule has 0 atom stereocenters. The summed E-state index contributed by atoms with van der Waals surface area (Å²) >= 11 is 1.67. The Hall–Kier alpha value is -2.73. The molecule has 4 rings (SSSR count). The number of rotatable bonds is 6. The van der Waals surface area contributed by atoms with Gasteiger partial charge in [0, 0.05) is 27.9 Å². The van der Waals surface area contributed by atoms with E-state index in [4.69, 9.17) is 4.74 Å². The first-order chi connectivity index (χ1) is 14.4. The van der Waals surface area contributed by atoms with Crippen LogP contribution in [0.3, 0.4) is 0 Å². The van der Waals surface area contributed by atoms with Crippen molar-refractivity contribution in [3.05, 3.63) is 59.2 Å². The normalized spacial score (nSPS) is 14.6. The minimum absolute atomic E-state index is 0.164. The minimum Gasteiger partial charge on any atom is -0.447 e. The fraction of sp³-hybridized carbons (Fsp3) is 0.333. The van der Waals surface area contributed by atoms with Crippen molar-refractivity contribution in [1.82, 2.24) is 4.98 Å². The Balaban J connectivity index is 1.54. The molecule has 0 spiro atoms. The van der Waals surface area contributed by atoms with Gasteiger partial charge in [-0.15, -0.1) is 11.3 Å². The van der Waals surface area contributed by atoms with E-state index < -0.39 is 6.09 Å². The lowest BCUT2D eigenvalue weighted by molar-refractivity contribution is 0.130. The highest BCUT2D eigenvalue weighted by molar-refractivity contribution is 7.14. The number of carbonyl (C=O) groups excluding carboxylic acids is 1. The maximum atomic E-state index is 13.4. The Bertz CT molecular complexity index is 1070. The van der Waals surface area contributed by atoms with E-state index in [0.29, 0.717) is 5.69 Å². The van der Waals surface area contributed by atoms with Crippen LogP contribution in [0.5, 0.6) is 0 Å². The summed E-state index contributed by atoms with van der Waals surface area (Å²) in [4.78, 5) is 17.4. The number of hydrogen-bond donors (Lipinski definition) is 1. The number of alkyl halides is 1. The Morgan fingerprint density at radius 2 is 2.03 bits per heavy atom. The molecule has 156 valence electrons. The van der Waals surface area contributed by atoms with Crippen LogP contribution in [0, 0.1) is 6.92 Å². The first-order valence-electron chi connectivity index (χ1n) is 10.1. The number of nitrogens with one attached hydrogen (secondary N) is 1. The predicted molar refractivity (Wildman–Crippen MR) is 120 cm³/mol. The van der Waals surface area contributed by atoms with Gasteiger partial charge in [0.25, 0.3) is 0 Å². The largest absolute Gasteiger partial charge is 0.447 e. The standard InChI is InChI=1S/C24H25FN2O2S/c1-15(2)29-23(28)27-19-4-5-20(16(3)10-19)21-11-18(13-30-21)17-6-9-26-22(12-17)24(14-25)7-8-24/h4-6,9-13,15H,7-8,14H2,1-3H3,(H,27,28). The Morgan fingerprint density at radius 3 is 2.70 bits per heavy atom. The van der Waals surface area contributed by atoms with Crippen LogP contribution in [-0.2, 0) is 10.2 Å². The molecule has 1 N–H and O–H groups in total. The molecule has 0 bridgehead atoms. The summed E-state index contributed by atoms with van der Waals surface area (Å²) in [5.41, 5.74) is 5.56. The highest BCUT2D eigenvalue weighted by atomic mass is 32.1. The molecule has 1 saturated carbocycles.